The molecule has 268 valence electrons. The maximum atomic E-state index is 15.9. The standard InChI is InChI=1S/C35H40F2N4O7S2/c1-22-15-32(50(43,44)41(33-38-21-39-49-33)19-24-9-12-27(45-5)16-31(24)46-6)29(37)17-30(22)47-20-25-18-40(34(42)48-35(2,3)4)14-13-28(25)23-7-10-26(36)11-8-23/h7-12,15-17,21,25,28H,13-14,18-20H2,1-6H3/t25-,28-/m0/s1. The largest absolute Gasteiger partial charge is 0.497 e. The molecule has 0 N–H and O–H groups in total. The monoisotopic (exact) mass is 730 g/mol. The lowest BCUT2D eigenvalue weighted by Gasteiger charge is -2.39. The van der Waals surface area contributed by atoms with E-state index in [0.29, 0.717) is 35.6 Å². The van der Waals surface area contributed by atoms with E-state index >= 15 is 4.39 Å². The Balaban J connectivity index is 1.41. The molecule has 5 rings (SSSR count). The van der Waals surface area contributed by atoms with Crippen molar-refractivity contribution in [2.75, 3.05) is 38.2 Å². The number of sulfonamides is 1. The second-order valence-corrected chi connectivity index (χ2v) is 15.5. The summed E-state index contributed by atoms with van der Waals surface area (Å²) in [7, 11) is -1.56. The SMILES string of the molecule is COc1ccc(CN(c2ncns2)S(=O)(=O)c2cc(C)c(OC[C@@H]3CN(C(=O)OC(C)(C)C)CC[C@H]3c3ccc(F)cc3)cc2F)c(OC)c1. The number of carbonyl (C=O) groups excluding carboxylic acids is 1. The Morgan fingerprint density at radius 3 is 2.42 bits per heavy atom. The van der Waals surface area contributed by atoms with Crippen LogP contribution < -0.4 is 18.5 Å². The number of ether oxygens (including phenoxy) is 4. The summed E-state index contributed by atoms with van der Waals surface area (Å²) in [4.78, 5) is 18.1. The number of methoxy groups -OCH3 is 2. The fourth-order valence-electron chi connectivity index (χ4n) is 5.82. The third-order valence-electron chi connectivity index (χ3n) is 8.31. The number of aromatic nitrogens is 2. The molecule has 2 heterocycles. The molecule has 0 radical (unpaired) electrons. The first-order valence-corrected chi connectivity index (χ1v) is 18.1. The molecule has 50 heavy (non-hydrogen) atoms. The quantitative estimate of drug-likeness (QED) is 0.161. The maximum Gasteiger partial charge on any atom is 0.410 e. The number of halogens is 2. The summed E-state index contributed by atoms with van der Waals surface area (Å²) in [6.45, 7) is 7.57. The van der Waals surface area contributed by atoms with Gasteiger partial charge in [0.05, 0.1) is 27.4 Å². The Bertz CT molecular complexity index is 1900. The Kier molecular flexibility index (Phi) is 11.2. The van der Waals surface area contributed by atoms with E-state index in [4.69, 9.17) is 18.9 Å². The molecule has 15 heteroatoms. The van der Waals surface area contributed by atoms with Gasteiger partial charge in [-0.05, 0) is 81.5 Å². The molecular weight excluding hydrogens is 691 g/mol. The molecule has 0 bridgehead atoms. The van der Waals surface area contributed by atoms with Gasteiger partial charge in [-0.3, -0.25) is 0 Å². The molecule has 0 saturated carbocycles. The molecule has 1 amide bonds. The highest BCUT2D eigenvalue weighted by Crippen LogP contribution is 2.37. The minimum absolute atomic E-state index is 0.0407. The molecule has 1 fully saturated rings. The van der Waals surface area contributed by atoms with Gasteiger partial charge in [0.15, 0.2) is 0 Å². The predicted octanol–water partition coefficient (Wildman–Crippen LogP) is 6.96. The number of nitrogens with zero attached hydrogens (tertiary/aromatic N) is 4. The van der Waals surface area contributed by atoms with Gasteiger partial charge in [0, 0.05) is 48.2 Å². The number of amides is 1. The molecular formula is C35H40F2N4O7S2. The van der Waals surface area contributed by atoms with E-state index in [1.54, 1.807) is 62.9 Å². The van der Waals surface area contributed by atoms with Crippen molar-refractivity contribution in [1.29, 1.82) is 0 Å². The fourth-order valence-corrected chi connectivity index (χ4v) is 8.08. The van der Waals surface area contributed by atoms with E-state index in [1.165, 1.54) is 38.7 Å². The third-order valence-corrected chi connectivity index (χ3v) is 10.9. The van der Waals surface area contributed by atoms with E-state index in [0.717, 1.165) is 27.5 Å². The minimum atomic E-state index is -4.51. The second-order valence-electron chi connectivity index (χ2n) is 12.9. The Morgan fingerprint density at radius 1 is 1.04 bits per heavy atom. The first-order chi connectivity index (χ1) is 23.7. The molecule has 11 nitrogen and oxygen atoms in total. The zero-order chi connectivity index (χ0) is 36.2. The van der Waals surface area contributed by atoms with Crippen molar-refractivity contribution in [2.45, 2.75) is 57.1 Å². The van der Waals surface area contributed by atoms with Crippen molar-refractivity contribution >= 4 is 32.8 Å². The zero-order valence-electron chi connectivity index (χ0n) is 28.7. The van der Waals surface area contributed by atoms with Crippen LogP contribution in [0.15, 0.2) is 65.8 Å². The van der Waals surface area contributed by atoms with E-state index in [1.807, 2.05) is 0 Å². The Labute approximate surface area is 295 Å². The lowest BCUT2D eigenvalue weighted by Crippen LogP contribution is -2.46. The number of rotatable bonds is 11. The second kappa shape index (κ2) is 15.2. The van der Waals surface area contributed by atoms with Crippen LogP contribution in [-0.4, -0.2) is 68.3 Å². The summed E-state index contributed by atoms with van der Waals surface area (Å²) in [5, 5.41) is 0.0407. The van der Waals surface area contributed by atoms with Gasteiger partial charge in [0.25, 0.3) is 10.0 Å². The predicted molar refractivity (Wildman–Crippen MR) is 185 cm³/mol. The number of anilines is 1. The maximum absolute atomic E-state index is 15.9. The first-order valence-electron chi connectivity index (χ1n) is 15.9. The highest BCUT2D eigenvalue weighted by Gasteiger charge is 2.36. The van der Waals surface area contributed by atoms with Crippen molar-refractivity contribution in [2.24, 2.45) is 5.92 Å². The summed E-state index contributed by atoms with van der Waals surface area (Å²) in [6, 6.07) is 13.4. The van der Waals surface area contributed by atoms with Crippen molar-refractivity contribution in [3.8, 4) is 17.2 Å². The normalized spacial score (nSPS) is 16.5. The number of hydrogen-bond donors (Lipinski definition) is 0. The average molecular weight is 731 g/mol. The number of carbonyl (C=O) groups is 1. The number of likely N-dealkylation sites (tertiary alicyclic amines) is 1. The molecule has 3 aromatic carbocycles. The van der Waals surface area contributed by atoms with E-state index in [-0.39, 0.29) is 48.2 Å². The van der Waals surface area contributed by atoms with E-state index < -0.39 is 32.4 Å². The highest BCUT2D eigenvalue weighted by molar-refractivity contribution is 7.93. The van der Waals surface area contributed by atoms with Crippen LogP contribution in [0, 0.1) is 24.5 Å². The summed E-state index contributed by atoms with van der Waals surface area (Å²) in [5.41, 5.74) is 1.08. The van der Waals surface area contributed by atoms with Crippen LogP contribution in [0.2, 0.25) is 0 Å². The van der Waals surface area contributed by atoms with Gasteiger partial charge in [0.1, 0.15) is 45.7 Å². The summed E-state index contributed by atoms with van der Waals surface area (Å²) in [6.07, 6.45) is 1.34. The lowest BCUT2D eigenvalue weighted by atomic mass is 9.81. The van der Waals surface area contributed by atoms with Crippen LogP contribution in [0.5, 0.6) is 17.2 Å². The van der Waals surface area contributed by atoms with Crippen LogP contribution in [0.1, 0.15) is 49.8 Å². The Hall–Kier alpha value is -4.50. The molecule has 1 aromatic heterocycles. The van der Waals surface area contributed by atoms with Crippen molar-refractivity contribution in [1.82, 2.24) is 14.3 Å². The van der Waals surface area contributed by atoms with Gasteiger partial charge < -0.3 is 23.8 Å². The number of piperidine rings is 1. The highest BCUT2D eigenvalue weighted by atomic mass is 32.2. The summed E-state index contributed by atoms with van der Waals surface area (Å²) < 4.78 is 85.3. The molecule has 1 aliphatic heterocycles. The average Bonchev–Trinajstić information content (AvgIpc) is 3.61. The van der Waals surface area contributed by atoms with Crippen LogP contribution in [0.25, 0.3) is 0 Å². The van der Waals surface area contributed by atoms with Crippen LogP contribution in [-0.2, 0) is 21.3 Å². The number of hydrogen-bond acceptors (Lipinski definition) is 10. The molecule has 0 aliphatic carbocycles. The fraction of sp³-hybridized carbons (Fsp3) is 0.400. The summed E-state index contributed by atoms with van der Waals surface area (Å²) >= 11 is 0.849. The van der Waals surface area contributed by atoms with Gasteiger partial charge >= 0.3 is 6.09 Å². The summed E-state index contributed by atoms with van der Waals surface area (Å²) in [5.74, 6) is -0.690. The zero-order valence-corrected chi connectivity index (χ0v) is 30.3. The van der Waals surface area contributed by atoms with Gasteiger partial charge in [-0.2, -0.15) is 4.37 Å². The van der Waals surface area contributed by atoms with Crippen LogP contribution >= 0.6 is 11.5 Å². The van der Waals surface area contributed by atoms with Gasteiger partial charge in [0.2, 0.25) is 5.13 Å². The van der Waals surface area contributed by atoms with Gasteiger partial charge in [-0.25, -0.2) is 31.3 Å². The molecule has 1 aliphatic rings. The van der Waals surface area contributed by atoms with Crippen LogP contribution in [0.4, 0.5) is 18.7 Å². The Morgan fingerprint density at radius 2 is 1.78 bits per heavy atom. The third kappa shape index (κ3) is 8.44. The van der Waals surface area contributed by atoms with Gasteiger partial charge in [-0.15, -0.1) is 0 Å². The van der Waals surface area contributed by atoms with E-state index in [2.05, 4.69) is 9.36 Å². The van der Waals surface area contributed by atoms with Crippen molar-refractivity contribution in [3.05, 3.63) is 89.2 Å². The molecule has 0 unspecified atom stereocenters. The lowest BCUT2D eigenvalue weighted by molar-refractivity contribution is 0.0111. The number of aryl methyl sites for hydroxylation is 1. The van der Waals surface area contributed by atoms with Crippen molar-refractivity contribution in [3.63, 3.8) is 0 Å². The van der Waals surface area contributed by atoms with Crippen molar-refractivity contribution < 1.29 is 40.9 Å². The van der Waals surface area contributed by atoms with E-state index in [9.17, 15) is 17.6 Å². The molecule has 4 aromatic rings. The molecule has 1 saturated heterocycles. The first kappa shape index (κ1) is 36.8. The smallest absolute Gasteiger partial charge is 0.410 e. The minimum Gasteiger partial charge on any atom is -0.497 e. The number of benzene rings is 3. The van der Waals surface area contributed by atoms with Gasteiger partial charge in [-0.1, -0.05) is 12.1 Å². The molecule has 0 spiro atoms. The topological polar surface area (TPSA) is 120 Å². The molecule has 2 atom stereocenters. The van der Waals surface area contributed by atoms with Crippen LogP contribution in [0.3, 0.4) is 0 Å².